The quantitative estimate of drug-likeness (QED) is 0.0521. The number of phenols is 8. The standard InChI is InChI=1S/C72H60N12O8/c1-69(41-21-25-57(89)49(37-41)81-77-45-13-5-9-17-53(45)85)61-29-31-63(73-61)70(2,42-22-26-58(90)50(38-42)82-78-46-14-6-10-18-54(46)86)65-33-35-67(75-65)72(4,44-24-28-60(92)52(40-44)84-80-48-16-8-12-20-56(48)88)68-36-34-66(76-68)71(3,64-32-30-62(69)74-64)43-23-27-59(91)51(39-43)83-79-47-15-7-11-19-55(47)87/h5-40,73-76,85-92H,1-4H3. The molecule has 0 fully saturated rings. The summed E-state index contributed by atoms with van der Waals surface area (Å²) in [6.07, 6.45) is 0. The fourth-order valence-electron chi connectivity index (χ4n) is 12.0. The van der Waals surface area contributed by atoms with Gasteiger partial charge < -0.3 is 60.8 Å². The third kappa shape index (κ3) is 10.2. The average Bonchev–Trinajstić information content (AvgIpc) is 1.53. The highest BCUT2D eigenvalue weighted by Crippen LogP contribution is 2.51. The van der Waals surface area contributed by atoms with E-state index in [1.807, 2.05) is 100 Å². The minimum Gasteiger partial charge on any atom is -0.506 e. The lowest BCUT2D eigenvalue weighted by Gasteiger charge is -2.34. The van der Waals surface area contributed by atoms with Gasteiger partial charge in [-0.15, -0.1) is 40.9 Å². The Bertz CT molecular complexity index is 4250. The van der Waals surface area contributed by atoms with Crippen molar-refractivity contribution in [2.24, 2.45) is 40.9 Å². The first-order valence-corrected chi connectivity index (χ1v) is 29.3. The molecule has 0 saturated heterocycles. The van der Waals surface area contributed by atoms with E-state index in [1.54, 1.807) is 121 Å². The van der Waals surface area contributed by atoms with Gasteiger partial charge in [-0.25, -0.2) is 0 Å². The summed E-state index contributed by atoms with van der Waals surface area (Å²) in [4.78, 5) is 15.5. The molecule has 0 radical (unpaired) electrons. The summed E-state index contributed by atoms with van der Waals surface area (Å²) in [5.41, 5.74) is 4.72. The number of fused-ring (bicyclic) bond motifs is 8. The molecule has 5 heterocycles. The molecule has 8 aromatic carbocycles. The number of hydrogen-bond donors (Lipinski definition) is 12. The van der Waals surface area contributed by atoms with Gasteiger partial charge in [0, 0.05) is 45.6 Å². The summed E-state index contributed by atoms with van der Waals surface area (Å²) in [7, 11) is 0. The molecule has 1 aliphatic heterocycles. The van der Waals surface area contributed by atoms with Crippen LogP contribution in [-0.4, -0.2) is 60.8 Å². The molecule has 92 heavy (non-hydrogen) atoms. The summed E-state index contributed by atoms with van der Waals surface area (Å²) < 4.78 is 0. The number of hydrogen-bond acceptors (Lipinski definition) is 16. The van der Waals surface area contributed by atoms with E-state index in [9.17, 15) is 40.9 Å². The highest BCUT2D eigenvalue weighted by atomic mass is 16.3. The van der Waals surface area contributed by atoms with Crippen molar-refractivity contribution in [2.75, 3.05) is 0 Å². The number of nitrogens with one attached hydrogen (secondary N) is 4. The van der Waals surface area contributed by atoms with Crippen LogP contribution in [0.3, 0.4) is 0 Å². The fraction of sp³-hybridized carbons (Fsp3) is 0.111. The minimum atomic E-state index is -1.16. The van der Waals surface area contributed by atoms with Crippen LogP contribution in [0.15, 0.2) is 259 Å². The molecule has 0 amide bonds. The van der Waals surface area contributed by atoms with E-state index in [4.69, 9.17) is 0 Å². The van der Waals surface area contributed by atoms with E-state index in [-0.39, 0.29) is 91.5 Å². The van der Waals surface area contributed by atoms with Crippen LogP contribution in [0.5, 0.6) is 46.0 Å². The van der Waals surface area contributed by atoms with Crippen molar-refractivity contribution < 1.29 is 40.9 Å². The van der Waals surface area contributed by atoms with E-state index in [0.29, 0.717) is 67.8 Å². The summed E-state index contributed by atoms with van der Waals surface area (Å²) in [5, 5.41) is 124. The molecule has 1 aliphatic rings. The molecular weight excluding hydrogens is 1160 g/mol. The summed E-state index contributed by atoms with van der Waals surface area (Å²) in [6, 6.07) is 62.4. The van der Waals surface area contributed by atoms with Gasteiger partial charge in [-0.1, -0.05) is 72.8 Å². The fourth-order valence-corrected chi connectivity index (χ4v) is 12.0. The van der Waals surface area contributed by atoms with Crippen molar-refractivity contribution in [3.63, 3.8) is 0 Å². The summed E-state index contributed by atoms with van der Waals surface area (Å²) in [5.74, 6) is -1.01. The molecule has 456 valence electrons. The number of aromatic amines is 4. The second-order valence-electron chi connectivity index (χ2n) is 23.2. The van der Waals surface area contributed by atoms with Gasteiger partial charge in [0.1, 0.15) is 91.5 Å². The van der Waals surface area contributed by atoms with Crippen LogP contribution in [0.25, 0.3) is 0 Å². The Hall–Kier alpha value is -12.3. The van der Waals surface area contributed by atoms with Crippen LogP contribution in [0.1, 0.15) is 95.5 Å². The van der Waals surface area contributed by atoms with Crippen molar-refractivity contribution in [1.29, 1.82) is 0 Å². The molecule has 20 heteroatoms. The number of aromatic nitrogens is 4. The topological polar surface area (TPSA) is 324 Å². The Kier molecular flexibility index (Phi) is 14.7. The number of rotatable bonds is 12. The molecule has 20 nitrogen and oxygen atoms in total. The molecule has 13 rings (SSSR count). The monoisotopic (exact) mass is 1220 g/mol. The SMILES string of the molecule is CC1(c2ccc(O)c(N=Nc3ccccc3O)c2)c2ccc([nH]2)C(C)(c2ccc(O)c(N=Nc3ccccc3O)c2)c2ccc([nH]2)C(C)(c2ccc(O)c(N=Nc3ccccc3O)c2)c2ccc([nH]2)C(C)(c2ccc(O)c(N=Nc3ccccc3O)c2)c2ccc1[nH]2. The zero-order valence-electron chi connectivity index (χ0n) is 49.9. The van der Waals surface area contributed by atoms with Gasteiger partial charge in [-0.3, -0.25) is 0 Å². The van der Waals surface area contributed by atoms with Gasteiger partial charge in [0.25, 0.3) is 0 Å². The number of nitrogens with zero attached hydrogens (tertiary/aromatic N) is 8. The minimum absolute atomic E-state index is 0.0919. The number of para-hydroxylation sites is 4. The van der Waals surface area contributed by atoms with E-state index in [2.05, 4.69) is 60.8 Å². The van der Waals surface area contributed by atoms with Crippen molar-refractivity contribution in [3.05, 3.63) is 286 Å². The third-order valence-corrected chi connectivity index (χ3v) is 17.9. The normalized spacial score (nSPS) is 19.0. The van der Waals surface area contributed by atoms with Crippen LogP contribution in [-0.2, 0) is 21.7 Å². The maximum atomic E-state index is 11.5. The van der Waals surface area contributed by atoms with Crippen molar-refractivity contribution in [3.8, 4) is 46.0 Å². The largest absolute Gasteiger partial charge is 0.506 e. The van der Waals surface area contributed by atoms with Crippen LogP contribution >= 0.6 is 0 Å². The number of azo groups is 4. The molecule has 0 atom stereocenters. The molecule has 0 unspecified atom stereocenters. The van der Waals surface area contributed by atoms with Gasteiger partial charge in [0.2, 0.25) is 0 Å². The summed E-state index contributed by atoms with van der Waals surface area (Å²) in [6.45, 7) is 8.17. The molecule has 4 aromatic heterocycles. The number of benzene rings is 8. The highest BCUT2D eigenvalue weighted by molar-refractivity contribution is 5.66. The number of H-pyrrole nitrogens is 4. The van der Waals surface area contributed by atoms with E-state index >= 15 is 0 Å². The predicted molar refractivity (Wildman–Crippen MR) is 347 cm³/mol. The second-order valence-corrected chi connectivity index (χ2v) is 23.2. The second kappa shape index (κ2) is 23.0. The Morgan fingerprint density at radius 1 is 0.207 bits per heavy atom. The van der Waals surface area contributed by atoms with E-state index < -0.39 is 21.7 Å². The van der Waals surface area contributed by atoms with Gasteiger partial charge in [0.05, 0.1) is 21.7 Å². The molecule has 0 spiro atoms. The molecular formula is C72H60N12O8. The van der Waals surface area contributed by atoms with Gasteiger partial charge in [-0.2, -0.15) is 0 Å². The zero-order chi connectivity index (χ0) is 64.1. The Labute approximate surface area is 526 Å². The van der Waals surface area contributed by atoms with Crippen LogP contribution in [0, 0.1) is 0 Å². The first kappa shape index (κ1) is 58.7. The van der Waals surface area contributed by atoms with Crippen LogP contribution in [0.4, 0.5) is 45.5 Å². The Morgan fingerprint density at radius 2 is 0.370 bits per heavy atom. The van der Waals surface area contributed by atoms with Gasteiger partial charge in [-0.05, 0) is 196 Å². The van der Waals surface area contributed by atoms with E-state index in [0.717, 1.165) is 0 Å². The first-order chi connectivity index (χ1) is 44.3. The lowest BCUT2D eigenvalue weighted by atomic mass is 9.75. The molecule has 0 aliphatic carbocycles. The number of phenolic OH excluding ortho intramolecular Hbond substituents is 8. The Morgan fingerprint density at radius 3 is 0.554 bits per heavy atom. The first-order valence-electron chi connectivity index (χ1n) is 29.3. The zero-order valence-corrected chi connectivity index (χ0v) is 49.9. The molecule has 12 N–H and O–H groups in total. The van der Waals surface area contributed by atoms with Gasteiger partial charge >= 0.3 is 0 Å². The predicted octanol–water partition coefficient (Wildman–Crippen LogP) is 18.0. The Balaban J connectivity index is 1.07. The summed E-state index contributed by atoms with van der Waals surface area (Å²) >= 11 is 0. The smallest absolute Gasteiger partial charge is 0.143 e. The lowest BCUT2D eigenvalue weighted by molar-refractivity contribution is 0.473. The van der Waals surface area contributed by atoms with E-state index in [1.165, 1.54) is 24.3 Å². The lowest BCUT2D eigenvalue weighted by Crippen LogP contribution is -2.32. The molecule has 0 saturated carbocycles. The molecule has 12 aromatic rings. The number of aromatic hydroxyl groups is 8. The van der Waals surface area contributed by atoms with Crippen molar-refractivity contribution in [1.82, 2.24) is 19.9 Å². The maximum absolute atomic E-state index is 11.5. The third-order valence-electron chi connectivity index (χ3n) is 17.9. The van der Waals surface area contributed by atoms with Crippen LogP contribution < -0.4 is 0 Å². The molecule has 8 bridgehead atoms. The average molecular weight is 1220 g/mol. The van der Waals surface area contributed by atoms with Crippen molar-refractivity contribution in [2.45, 2.75) is 49.4 Å². The van der Waals surface area contributed by atoms with Crippen molar-refractivity contribution >= 4 is 45.5 Å². The van der Waals surface area contributed by atoms with Crippen LogP contribution in [0.2, 0.25) is 0 Å². The highest BCUT2D eigenvalue weighted by Gasteiger charge is 2.44. The maximum Gasteiger partial charge on any atom is 0.143 e. The van der Waals surface area contributed by atoms with Gasteiger partial charge in [0.15, 0.2) is 0 Å².